The molecule has 0 aliphatic heterocycles. The summed E-state index contributed by atoms with van der Waals surface area (Å²) in [6.07, 6.45) is 3.78. The molecule has 0 saturated heterocycles. The van der Waals surface area contributed by atoms with E-state index in [1.54, 1.807) is 6.92 Å². The van der Waals surface area contributed by atoms with Gasteiger partial charge in [-0.05, 0) is 25.8 Å². The van der Waals surface area contributed by atoms with Crippen LogP contribution in [0.4, 0.5) is 5.95 Å². The molecule has 0 atom stereocenters. The summed E-state index contributed by atoms with van der Waals surface area (Å²) >= 11 is 0. The van der Waals surface area contributed by atoms with Gasteiger partial charge in [0.05, 0.1) is 6.54 Å². The van der Waals surface area contributed by atoms with Crippen molar-refractivity contribution in [2.45, 2.75) is 45.6 Å². The molecule has 0 spiro atoms. The molecule has 2 aromatic heterocycles. The fourth-order valence-electron chi connectivity index (χ4n) is 2.34. The highest BCUT2D eigenvalue weighted by Gasteiger charge is 2.22. The number of aryl methyl sites for hydroxylation is 2. The maximum Gasteiger partial charge on any atom is 0.235 e. The molecule has 1 fully saturated rings. The highest BCUT2D eigenvalue weighted by atomic mass is 16.4. The van der Waals surface area contributed by atoms with Crippen LogP contribution in [0.3, 0.4) is 0 Å². The SMILES string of the molecule is Cc1cc(C2CCC2)nc(N(C)Cc2nnc(C)o2)n1. The van der Waals surface area contributed by atoms with E-state index in [1.807, 2.05) is 18.9 Å². The fraction of sp³-hybridized carbons (Fsp3) is 0.571. The molecule has 106 valence electrons. The van der Waals surface area contributed by atoms with Crippen molar-refractivity contribution in [2.24, 2.45) is 0 Å². The van der Waals surface area contributed by atoms with Gasteiger partial charge in [0, 0.05) is 31.3 Å². The molecule has 0 amide bonds. The molecule has 0 N–H and O–H groups in total. The highest BCUT2D eigenvalue weighted by Crippen LogP contribution is 2.35. The second-order valence-electron chi connectivity index (χ2n) is 5.43. The third-order valence-corrected chi connectivity index (χ3v) is 3.67. The Labute approximate surface area is 118 Å². The van der Waals surface area contributed by atoms with E-state index in [9.17, 15) is 0 Å². The first-order valence-corrected chi connectivity index (χ1v) is 6.97. The van der Waals surface area contributed by atoms with Gasteiger partial charge in [0.25, 0.3) is 0 Å². The van der Waals surface area contributed by atoms with Crippen LogP contribution >= 0.6 is 0 Å². The minimum absolute atomic E-state index is 0.522. The van der Waals surface area contributed by atoms with Gasteiger partial charge in [-0.15, -0.1) is 10.2 Å². The van der Waals surface area contributed by atoms with Gasteiger partial charge >= 0.3 is 0 Å². The minimum atomic E-state index is 0.522. The third kappa shape index (κ3) is 2.64. The van der Waals surface area contributed by atoms with E-state index in [0.29, 0.717) is 24.2 Å². The predicted octanol–water partition coefficient (Wildman–Crippen LogP) is 2.38. The lowest BCUT2D eigenvalue weighted by Crippen LogP contribution is -2.21. The monoisotopic (exact) mass is 273 g/mol. The minimum Gasteiger partial charge on any atom is -0.424 e. The molecular weight excluding hydrogens is 254 g/mol. The normalized spacial score (nSPS) is 15.2. The molecule has 0 bridgehead atoms. The number of rotatable bonds is 4. The Morgan fingerprint density at radius 3 is 2.65 bits per heavy atom. The number of nitrogens with zero attached hydrogens (tertiary/aromatic N) is 5. The topological polar surface area (TPSA) is 67.9 Å². The molecule has 6 heteroatoms. The third-order valence-electron chi connectivity index (χ3n) is 3.67. The Morgan fingerprint density at radius 1 is 1.25 bits per heavy atom. The van der Waals surface area contributed by atoms with E-state index in [-0.39, 0.29) is 0 Å². The summed E-state index contributed by atoms with van der Waals surface area (Å²) in [5.74, 6) is 2.49. The van der Waals surface area contributed by atoms with Gasteiger partial charge in [-0.1, -0.05) is 6.42 Å². The van der Waals surface area contributed by atoms with E-state index in [2.05, 4.69) is 26.2 Å². The summed E-state index contributed by atoms with van der Waals surface area (Å²) in [5.41, 5.74) is 2.16. The molecule has 0 aromatic carbocycles. The Morgan fingerprint density at radius 2 is 2.05 bits per heavy atom. The Bertz CT molecular complexity index is 605. The van der Waals surface area contributed by atoms with Crippen LogP contribution in [-0.4, -0.2) is 27.2 Å². The molecule has 2 aromatic rings. The largest absolute Gasteiger partial charge is 0.424 e. The highest BCUT2D eigenvalue weighted by molar-refractivity contribution is 5.32. The lowest BCUT2D eigenvalue weighted by Gasteiger charge is -2.26. The van der Waals surface area contributed by atoms with Gasteiger partial charge in [-0.3, -0.25) is 0 Å². The van der Waals surface area contributed by atoms with Gasteiger partial charge in [0.15, 0.2) is 0 Å². The van der Waals surface area contributed by atoms with Crippen LogP contribution in [-0.2, 0) is 6.54 Å². The maximum atomic E-state index is 5.40. The first-order chi connectivity index (χ1) is 9.61. The van der Waals surface area contributed by atoms with Crippen molar-refractivity contribution < 1.29 is 4.42 Å². The number of hydrogen-bond donors (Lipinski definition) is 0. The molecule has 3 rings (SSSR count). The lowest BCUT2D eigenvalue weighted by molar-refractivity contribution is 0.410. The predicted molar refractivity (Wildman–Crippen MR) is 74.5 cm³/mol. The van der Waals surface area contributed by atoms with Gasteiger partial charge in [0.2, 0.25) is 17.7 Å². The average Bonchev–Trinajstić information content (AvgIpc) is 2.71. The van der Waals surface area contributed by atoms with Crippen LogP contribution in [0.15, 0.2) is 10.5 Å². The summed E-state index contributed by atoms with van der Waals surface area (Å²) < 4.78 is 5.40. The van der Waals surface area contributed by atoms with E-state index in [4.69, 9.17) is 4.42 Å². The van der Waals surface area contributed by atoms with E-state index in [0.717, 1.165) is 17.3 Å². The second kappa shape index (κ2) is 5.19. The summed E-state index contributed by atoms with van der Waals surface area (Å²) in [4.78, 5) is 11.1. The van der Waals surface area contributed by atoms with Gasteiger partial charge in [-0.25, -0.2) is 9.97 Å². The molecule has 20 heavy (non-hydrogen) atoms. The number of anilines is 1. The summed E-state index contributed by atoms with van der Waals surface area (Å²) in [7, 11) is 1.94. The van der Waals surface area contributed by atoms with Crippen LogP contribution in [0.25, 0.3) is 0 Å². The average molecular weight is 273 g/mol. The van der Waals surface area contributed by atoms with Crippen molar-refractivity contribution in [1.29, 1.82) is 0 Å². The molecule has 1 aliphatic rings. The molecule has 0 unspecified atom stereocenters. The van der Waals surface area contributed by atoms with Crippen molar-refractivity contribution in [3.05, 3.63) is 29.2 Å². The summed E-state index contributed by atoms with van der Waals surface area (Å²) in [6, 6.07) is 2.10. The van der Waals surface area contributed by atoms with Gasteiger partial charge < -0.3 is 9.32 Å². The number of aromatic nitrogens is 4. The molecule has 2 heterocycles. The maximum absolute atomic E-state index is 5.40. The summed E-state index contributed by atoms with van der Waals surface area (Å²) in [6.45, 7) is 4.32. The Balaban J connectivity index is 1.79. The van der Waals surface area contributed by atoms with E-state index < -0.39 is 0 Å². The zero-order valence-corrected chi connectivity index (χ0v) is 12.1. The van der Waals surface area contributed by atoms with Crippen molar-refractivity contribution in [3.8, 4) is 0 Å². The molecule has 1 aliphatic carbocycles. The van der Waals surface area contributed by atoms with Gasteiger partial charge in [-0.2, -0.15) is 0 Å². The van der Waals surface area contributed by atoms with Crippen molar-refractivity contribution in [1.82, 2.24) is 20.2 Å². The molecule has 6 nitrogen and oxygen atoms in total. The van der Waals surface area contributed by atoms with Crippen molar-refractivity contribution in [2.75, 3.05) is 11.9 Å². The second-order valence-corrected chi connectivity index (χ2v) is 5.43. The van der Waals surface area contributed by atoms with Crippen LogP contribution in [0, 0.1) is 13.8 Å². The van der Waals surface area contributed by atoms with E-state index in [1.165, 1.54) is 19.3 Å². The zero-order valence-electron chi connectivity index (χ0n) is 12.1. The zero-order chi connectivity index (χ0) is 14.1. The Hall–Kier alpha value is -1.98. The van der Waals surface area contributed by atoms with Crippen LogP contribution < -0.4 is 4.90 Å². The molecule has 1 saturated carbocycles. The van der Waals surface area contributed by atoms with Gasteiger partial charge in [0.1, 0.15) is 0 Å². The molecule has 0 radical (unpaired) electrons. The van der Waals surface area contributed by atoms with E-state index >= 15 is 0 Å². The summed E-state index contributed by atoms with van der Waals surface area (Å²) in [5, 5.41) is 7.84. The van der Waals surface area contributed by atoms with Crippen LogP contribution in [0.2, 0.25) is 0 Å². The quantitative estimate of drug-likeness (QED) is 0.852. The first-order valence-electron chi connectivity index (χ1n) is 6.97. The smallest absolute Gasteiger partial charge is 0.235 e. The fourth-order valence-corrected chi connectivity index (χ4v) is 2.34. The van der Waals surface area contributed by atoms with Crippen molar-refractivity contribution >= 4 is 5.95 Å². The molecular formula is C14H19N5O. The van der Waals surface area contributed by atoms with Crippen LogP contribution in [0.1, 0.15) is 48.3 Å². The first kappa shape index (κ1) is 13.0. The van der Waals surface area contributed by atoms with Crippen LogP contribution in [0.5, 0.6) is 0 Å². The Kier molecular flexibility index (Phi) is 3.38. The standard InChI is InChI=1S/C14H19N5O/c1-9-7-12(11-5-4-6-11)16-14(15-9)19(3)8-13-18-17-10(2)20-13/h7,11H,4-6,8H2,1-3H3. The number of hydrogen-bond acceptors (Lipinski definition) is 6. The lowest BCUT2D eigenvalue weighted by atomic mass is 9.83. The van der Waals surface area contributed by atoms with Crippen molar-refractivity contribution in [3.63, 3.8) is 0 Å².